The number of hydrogen-bond donors (Lipinski definition) is 1. The first-order valence-electron chi connectivity index (χ1n) is 15.5. The fraction of sp³-hybridized carbons (Fsp3) is 0.875. The normalized spacial score (nSPS) is 13.2. The van der Waals surface area contributed by atoms with Crippen LogP contribution in [-0.2, 0) is 38.1 Å². The second-order valence-corrected chi connectivity index (χ2v) is 12.5. The third-order valence-corrected chi connectivity index (χ3v) is 7.43. The molecule has 0 aliphatic rings. The molecule has 246 valence electrons. The second-order valence-electron chi connectivity index (χ2n) is 12.5. The van der Waals surface area contributed by atoms with E-state index in [9.17, 15) is 19.2 Å². The SMILES string of the molecule is CCC(=O)CCOCC(COCCC(=O)C(C)C)(COCCC(=O)C(C)C)NC(=O)CC(C)OCC(C)(C)N(C)CC. The number of Topliss-reactive ketones (excluding diaryl/α,β-unsaturated/α-hetero) is 3. The van der Waals surface area contributed by atoms with Crippen molar-refractivity contribution in [2.45, 2.75) is 112 Å². The van der Waals surface area contributed by atoms with E-state index in [2.05, 4.69) is 31.0 Å². The number of ketones is 3. The van der Waals surface area contributed by atoms with Crippen molar-refractivity contribution >= 4 is 23.3 Å². The molecule has 0 aromatic carbocycles. The maximum Gasteiger partial charge on any atom is 0.223 e. The first kappa shape index (κ1) is 40.3. The summed E-state index contributed by atoms with van der Waals surface area (Å²) in [7, 11) is 2.03. The fourth-order valence-corrected chi connectivity index (χ4v) is 3.87. The van der Waals surface area contributed by atoms with Crippen LogP contribution >= 0.6 is 0 Å². The number of hydrogen-bond acceptors (Lipinski definition) is 9. The molecule has 0 heterocycles. The molecule has 0 saturated carbocycles. The van der Waals surface area contributed by atoms with Gasteiger partial charge in [0.2, 0.25) is 5.91 Å². The topological polar surface area (TPSA) is 120 Å². The van der Waals surface area contributed by atoms with Gasteiger partial charge in [0.05, 0.1) is 58.8 Å². The highest BCUT2D eigenvalue weighted by atomic mass is 16.5. The van der Waals surface area contributed by atoms with Crippen molar-refractivity contribution in [1.82, 2.24) is 10.2 Å². The highest BCUT2D eigenvalue weighted by molar-refractivity contribution is 5.80. The Labute approximate surface area is 254 Å². The molecule has 0 saturated heterocycles. The first-order chi connectivity index (χ1) is 19.6. The Morgan fingerprint density at radius 1 is 0.738 bits per heavy atom. The van der Waals surface area contributed by atoms with E-state index >= 15 is 0 Å². The molecule has 10 heteroatoms. The van der Waals surface area contributed by atoms with Gasteiger partial charge in [-0.15, -0.1) is 0 Å². The monoisotopic (exact) mass is 600 g/mol. The van der Waals surface area contributed by atoms with Gasteiger partial charge in [0.25, 0.3) is 0 Å². The molecule has 0 aliphatic heterocycles. The molecular weight excluding hydrogens is 540 g/mol. The van der Waals surface area contributed by atoms with Gasteiger partial charge in [-0.05, 0) is 34.4 Å². The number of nitrogens with one attached hydrogen (secondary N) is 1. The van der Waals surface area contributed by atoms with E-state index in [1.807, 2.05) is 41.7 Å². The van der Waals surface area contributed by atoms with E-state index in [1.165, 1.54) is 0 Å². The molecule has 0 aliphatic carbocycles. The van der Waals surface area contributed by atoms with Crippen LogP contribution < -0.4 is 5.32 Å². The van der Waals surface area contributed by atoms with E-state index in [0.717, 1.165) is 6.54 Å². The Balaban J connectivity index is 5.61. The van der Waals surface area contributed by atoms with Gasteiger partial charge in [0.1, 0.15) is 22.9 Å². The number of rotatable bonds is 26. The minimum atomic E-state index is -1.09. The molecule has 0 rings (SSSR count). The quantitative estimate of drug-likeness (QED) is 0.147. The van der Waals surface area contributed by atoms with Gasteiger partial charge in [0.15, 0.2) is 0 Å². The summed E-state index contributed by atoms with van der Waals surface area (Å²) >= 11 is 0. The Hall–Kier alpha value is -1.72. The van der Waals surface area contributed by atoms with Crippen molar-refractivity contribution in [3.63, 3.8) is 0 Å². The maximum atomic E-state index is 13.3. The zero-order valence-corrected chi connectivity index (χ0v) is 28.1. The van der Waals surface area contributed by atoms with E-state index in [0.29, 0.717) is 13.0 Å². The Morgan fingerprint density at radius 2 is 1.19 bits per heavy atom. The average molecular weight is 601 g/mol. The summed E-state index contributed by atoms with van der Waals surface area (Å²) < 4.78 is 23.7. The van der Waals surface area contributed by atoms with Crippen molar-refractivity contribution in [2.75, 3.05) is 59.8 Å². The largest absolute Gasteiger partial charge is 0.378 e. The van der Waals surface area contributed by atoms with Gasteiger partial charge in [-0.25, -0.2) is 0 Å². The zero-order valence-electron chi connectivity index (χ0n) is 28.1. The highest BCUT2D eigenvalue weighted by Gasteiger charge is 2.35. The molecule has 0 aromatic rings. The first-order valence-corrected chi connectivity index (χ1v) is 15.5. The lowest BCUT2D eigenvalue weighted by molar-refractivity contribution is -0.133. The summed E-state index contributed by atoms with van der Waals surface area (Å²) in [5.41, 5.74) is -1.27. The minimum absolute atomic E-state index is 0.0352. The Morgan fingerprint density at radius 3 is 1.60 bits per heavy atom. The number of carbonyl (C=O) groups excluding carboxylic acids is 4. The smallest absolute Gasteiger partial charge is 0.223 e. The number of carbonyl (C=O) groups is 4. The van der Waals surface area contributed by atoms with Gasteiger partial charge in [-0.2, -0.15) is 0 Å². The standard InChI is InChI=1S/C32H60N2O8/c1-11-27(35)13-16-39-21-32(22-40-17-14-28(36)24(3)4,23-41-18-15-29(37)25(5)6)33-30(38)19-26(7)42-20-31(8,9)34(10)12-2/h24-26H,11-23H2,1-10H3,(H,33,38). The zero-order chi connectivity index (χ0) is 32.3. The summed E-state index contributed by atoms with van der Waals surface area (Å²) in [6, 6.07) is 0. The molecule has 42 heavy (non-hydrogen) atoms. The van der Waals surface area contributed by atoms with Crippen LogP contribution in [0.15, 0.2) is 0 Å². The highest BCUT2D eigenvalue weighted by Crippen LogP contribution is 2.16. The van der Waals surface area contributed by atoms with E-state index in [-0.39, 0.29) is 112 Å². The van der Waals surface area contributed by atoms with Gasteiger partial charge in [-0.3, -0.25) is 24.1 Å². The van der Waals surface area contributed by atoms with Gasteiger partial charge in [-0.1, -0.05) is 41.5 Å². The lowest BCUT2D eigenvalue weighted by atomic mass is 10.0. The van der Waals surface area contributed by atoms with Crippen LogP contribution in [0.25, 0.3) is 0 Å². The summed E-state index contributed by atoms with van der Waals surface area (Å²) in [5, 5.41) is 3.06. The summed E-state index contributed by atoms with van der Waals surface area (Å²) in [5.74, 6) is -0.193. The fourth-order valence-electron chi connectivity index (χ4n) is 3.87. The molecule has 10 nitrogen and oxygen atoms in total. The molecule has 0 fully saturated rings. The van der Waals surface area contributed by atoms with E-state index < -0.39 is 5.54 Å². The average Bonchev–Trinajstić information content (AvgIpc) is 2.93. The van der Waals surface area contributed by atoms with Crippen molar-refractivity contribution in [1.29, 1.82) is 0 Å². The molecular formula is C32H60N2O8. The molecule has 1 N–H and O–H groups in total. The third kappa shape index (κ3) is 17.4. The molecule has 1 atom stereocenters. The molecule has 0 spiro atoms. The number of ether oxygens (including phenoxy) is 4. The summed E-state index contributed by atoms with van der Waals surface area (Å²) in [6.07, 6.45) is 0.965. The van der Waals surface area contributed by atoms with Crippen molar-refractivity contribution in [3.05, 3.63) is 0 Å². The molecule has 0 aromatic heterocycles. The van der Waals surface area contributed by atoms with Crippen LogP contribution in [0.4, 0.5) is 0 Å². The Kier molecular flexibility index (Phi) is 20.2. The lowest BCUT2D eigenvalue weighted by Gasteiger charge is -2.36. The van der Waals surface area contributed by atoms with E-state index in [4.69, 9.17) is 18.9 Å². The van der Waals surface area contributed by atoms with Crippen LogP contribution in [0.1, 0.15) is 94.4 Å². The molecule has 0 bridgehead atoms. The summed E-state index contributed by atoms with van der Waals surface area (Å²) in [4.78, 5) is 51.5. The van der Waals surface area contributed by atoms with Crippen LogP contribution in [0.2, 0.25) is 0 Å². The number of likely N-dealkylation sites (N-methyl/N-ethyl adjacent to an activating group) is 1. The van der Waals surface area contributed by atoms with Gasteiger partial charge < -0.3 is 24.3 Å². The van der Waals surface area contributed by atoms with Crippen molar-refractivity contribution in [2.24, 2.45) is 11.8 Å². The second kappa shape index (κ2) is 21.1. The minimum Gasteiger partial charge on any atom is -0.378 e. The van der Waals surface area contributed by atoms with Crippen LogP contribution in [0.5, 0.6) is 0 Å². The molecule has 1 amide bonds. The summed E-state index contributed by atoms with van der Waals surface area (Å²) in [6.45, 7) is 19.3. The Bertz CT molecular complexity index is 784. The predicted octanol–water partition coefficient (Wildman–Crippen LogP) is 4.02. The van der Waals surface area contributed by atoms with Crippen LogP contribution in [0.3, 0.4) is 0 Å². The molecule has 0 radical (unpaired) electrons. The lowest BCUT2D eigenvalue weighted by Crippen LogP contribution is -2.59. The van der Waals surface area contributed by atoms with Crippen molar-refractivity contribution < 1.29 is 38.1 Å². The number of amides is 1. The maximum absolute atomic E-state index is 13.3. The van der Waals surface area contributed by atoms with Crippen LogP contribution in [-0.4, -0.2) is 105 Å². The third-order valence-electron chi connectivity index (χ3n) is 7.43. The molecule has 1 unspecified atom stereocenters. The van der Waals surface area contributed by atoms with Gasteiger partial charge in [0, 0.05) is 43.1 Å². The van der Waals surface area contributed by atoms with Crippen molar-refractivity contribution in [3.8, 4) is 0 Å². The van der Waals surface area contributed by atoms with Gasteiger partial charge >= 0.3 is 0 Å². The van der Waals surface area contributed by atoms with E-state index in [1.54, 1.807) is 6.92 Å². The predicted molar refractivity (Wildman–Crippen MR) is 165 cm³/mol. The number of nitrogens with zero attached hydrogens (tertiary/aromatic N) is 1. The van der Waals surface area contributed by atoms with Crippen LogP contribution in [0, 0.1) is 11.8 Å².